The van der Waals surface area contributed by atoms with E-state index >= 15 is 0 Å². The Morgan fingerprint density at radius 1 is 1.15 bits per heavy atom. The maximum Gasteiger partial charge on any atom is 0.261 e. The van der Waals surface area contributed by atoms with Gasteiger partial charge in [0.2, 0.25) is 0 Å². The molecule has 0 spiro atoms. The van der Waals surface area contributed by atoms with Crippen LogP contribution in [0.3, 0.4) is 0 Å². The molecule has 0 saturated heterocycles. The molecule has 3 rings (SSSR count). The normalized spacial score (nSPS) is 19.0. The molecule has 0 saturated carbocycles. The van der Waals surface area contributed by atoms with Crippen molar-refractivity contribution in [3.8, 4) is 11.5 Å². The number of fused-ring (bicyclic) bond motifs is 1. The van der Waals surface area contributed by atoms with E-state index in [1.54, 1.807) is 6.92 Å². The van der Waals surface area contributed by atoms with E-state index < -0.39 is 6.10 Å². The summed E-state index contributed by atoms with van der Waals surface area (Å²) in [6.07, 6.45) is 2.01. The third kappa shape index (κ3) is 3.85. The van der Waals surface area contributed by atoms with E-state index in [1.165, 1.54) is 0 Å². The molecule has 1 aliphatic rings. The molecule has 1 aliphatic heterocycles. The number of carbonyl (C=O) groups is 1. The zero-order chi connectivity index (χ0) is 18.6. The molecule has 2 aromatic rings. The lowest BCUT2D eigenvalue weighted by Gasteiger charge is -2.41. The van der Waals surface area contributed by atoms with E-state index in [4.69, 9.17) is 9.47 Å². The summed E-state index contributed by atoms with van der Waals surface area (Å²) in [5.41, 5.74) is 0.792. The van der Waals surface area contributed by atoms with Crippen molar-refractivity contribution in [1.29, 1.82) is 0 Å². The molecular formula is C22H27NO3. The fraction of sp³-hybridized carbons (Fsp3) is 0.409. The van der Waals surface area contributed by atoms with Gasteiger partial charge in [-0.05, 0) is 38.0 Å². The molecule has 4 heteroatoms. The predicted molar refractivity (Wildman–Crippen MR) is 102 cm³/mol. The second kappa shape index (κ2) is 7.81. The Balaban J connectivity index is 1.76. The van der Waals surface area contributed by atoms with Crippen molar-refractivity contribution in [2.75, 3.05) is 0 Å². The highest BCUT2D eigenvalue weighted by Gasteiger charge is 2.39. The van der Waals surface area contributed by atoms with Crippen molar-refractivity contribution in [2.24, 2.45) is 0 Å². The van der Waals surface area contributed by atoms with Gasteiger partial charge in [0.25, 0.3) is 5.91 Å². The van der Waals surface area contributed by atoms with Crippen molar-refractivity contribution >= 4 is 5.91 Å². The van der Waals surface area contributed by atoms with Crippen LogP contribution in [0.5, 0.6) is 11.5 Å². The summed E-state index contributed by atoms with van der Waals surface area (Å²) in [6, 6.07) is 17.3. The predicted octanol–water partition coefficient (Wildman–Crippen LogP) is 4.65. The Kier molecular flexibility index (Phi) is 5.50. The number of amides is 1. The molecule has 26 heavy (non-hydrogen) atoms. The van der Waals surface area contributed by atoms with E-state index in [1.807, 2.05) is 54.6 Å². The molecule has 2 atom stereocenters. The Bertz CT molecular complexity index is 740. The highest BCUT2D eigenvalue weighted by molar-refractivity contribution is 5.81. The van der Waals surface area contributed by atoms with Crippen LogP contribution in [0.2, 0.25) is 0 Å². The second-order valence-corrected chi connectivity index (χ2v) is 6.87. The minimum absolute atomic E-state index is 0.0748. The maximum atomic E-state index is 12.7. The van der Waals surface area contributed by atoms with Gasteiger partial charge in [0, 0.05) is 12.0 Å². The minimum Gasteiger partial charge on any atom is -0.487 e. The zero-order valence-electron chi connectivity index (χ0n) is 15.7. The summed E-state index contributed by atoms with van der Waals surface area (Å²) in [5.74, 6) is 1.44. The second-order valence-electron chi connectivity index (χ2n) is 6.87. The molecule has 4 nitrogen and oxygen atoms in total. The number of ether oxygens (including phenoxy) is 2. The van der Waals surface area contributed by atoms with Crippen LogP contribution in [0.15, 0.2) is 54.6 Å². The molecule has 0 radical (unpaired) electrons. The van der Waals surface area contributed by atoms with Crippen LogP contribution in [0.25, 0.3) is 0 Å². The number of rotatable bonds is 6. The molecule has 0 unspecified atom stereocenters. The van der Waals surface area contributed by atoms with Crippen molar-refractivity contribution in [3.05, 3.63) is 60.2 Å². The van der Waals surface area contributed by atoms with E-state index in [0.29, 0.717) is 5.75 Å². The first-order valence-corrected chi connectivity index (χ1v) is 9.37. The summed E-state index contributed by atoms with van der Waals surface area (Å²) in [7, 11) is 0. The quantitative estimate of drug-likeness (QED) is 0.822. The van der Waals surface area contributed by atoms with Crippen LogP contribution in [-0.2, 0) is 4.79 Å². The van der Waals surface area contributed by atoms with Crippen molar-refractivity contribution < 1.29 is 14.3 Å². The summed E-state index contributed by atoms with van der Waals surface area (Å²) >= 11 is 0. The van der Waals surface area contributed by atoms with Gasteiger partial charge in [0.1, 0.15) is 17.1 Å². The third-order valence-corrected chi connectivity index (χ3v) is 5.23. The van der Waals surface area contributed by atoms with E-state index in [0.717, 1.165) is 30.6 Å². The topological polar surface area (TPSA) is 47.6 Å². The van der Waals surface area contributed by atoms with Gasteiger partial charge < -0.3 is 14.8 Å². The lowest BCUT2D eigenvalue weighted by Crippen LogP contribution is -2.46. The standard InChI is InChI=1S/C22H27NO3/c1-4-22(5-2)15-19(18-13-9-10-14-20(18)26-22)23-21(24)16(3)25-17-11-7-6-8-12-17/h6-14,16,19H,4-5,15H2,1-3H3,(H,23,24)/t16-,19-/m1/s1. The molecule has 2 aromatic carbocycles. The maximum absolute atomic E-state index is 12.7. The Hall–Kier alpha value is -2.49. The Morgan fingerprint density at radius 3 is 2.50 bits per heavy atom. The van der Waals surface area contributed by atoms with Crippen LogP contribution in [-0.4, -0.2) is 17.6 Å². The number of benzene rings is 2. The first-order valence-electron chi connectivity index (χ1n) is 9.37. The van der Waals surface area contributed by atoms with E-state index in [-0.39, 0.29) is 17.6 Å². The first-order chi connectivity index (χ1) is 12.6. The summed E-state index contributed by atoms with van der Waals surface area (Å²) in [6.45, 7) is 6.05. The van der Waals surface area contributed by atoms with Crippen molar-refractivity contribution in [1.82, 2.24) is 5.32 Å². The van der Waals surface area contributed by atoms with Crippen LogP contribution < -0.4 is 14.8 Å². The highest BCUT2D eigenvalue weighted by atomic mass is 16.5. The van der Waals surface area contributed by atoms with E-state index in [2.05, 4.69) is 19.2 Å². The third-order valence-electron chi connectivity index (χ3n) is 5.23. The number of nitrogens with one attached hydrogen (secondary N) is 1. The minimum atomic E-state index is -0.565. The summed E-state index contributed by atoms with van der Waals surface area (Å²) in [5, 5.41) is 3.17. The number of carbonyl (C=O) groups excluding carboxylic acids is 1. The molecule has 0 aromatic heterocycles. The van der Waals surface area contributed by atoms with Gasteiger partial charge in [-0.25, -0.2) is 0 Å². The molecular weight excluding hydrogens is 326 g/mol. The zero-order valence-corrected chi connectivity index (χ0v) is 15.7. The lowest BCUT2D eigenvalue weighted by molar-refractivity contribution is -0.128. The van der Waals surface area contributed by atoms with Crippen LogP contribution >= 0.6 is 0 Å². The summed E-state index contributed by atoms with van der Waals surface area (Å²) < 4.78 is 12.1. The first kappa shape index (κ1) is 18.3. The van der Waals surface area contributed by atoms with Crippen molar-refractivity contribution in [3.63, 3.8) is 0 Å². The van der Waals surface area contributed by atoms with Gasteiger partial charge in [0.05, 0.1) is 6.04 Å². The molecule has 1 N–H and O–H groups in total. The number of para-hydroxylation sites is 2. The molecule has 1 heterocycles. The monoisotopic (exact) mass is 353 g/mol. The molecule has 0 aliphatic carbocycles. The highest BCUT2D eigenvalue weighted by Crippen LogP contribution is 2.42. The Labute approximate surface area is 155 Å². The molecule has 0 bridgehead atoms. The Morgan fingerprint density at radius 2 is 1.81 bits per heavy atom. The van der Waals surface area contributed by atoms with Gasteiger partial charge in [-0.15, -0.1) is 0 Å². The van der Waals surface area contributed by atoms with Gasteiger partial charge in [-0.1, -0.05) is 50.2 Å². The van der Waals surface area contributed by atoms with Gasteiger partial charge in [-0.3, -0.25) is 4.79 Å². The van der Waals surface area contributed by atoms with Crippen molar-refractivity contribution in [2.45, 2.75) is 57.8 Å². The van der Waals surface area contributed by atoms with Gasteiger partial charge in [0.15, 0.2) is 6.10 Å². The van der Waals surface area contributed by atoms with E-state index in [9.17, 15) is 4.79 Å². The number of hydrogen-bond acceptors (Lipinski definition) is 3. The molecule has 1 amide bonds. The lowest BCUT2D eigenvalue weighted by atomic mass is 9.83. The number of hydrogen-bond donors (Lipinski definition) is 1. The average Bonchev–Trinajstić information content (AvgIpc) is 2.68. The fourth-order valence-corrected chi connectivity index (χ4v) is 3.48. The smallest absolute Gasteiger partial charge is 0.261 e. The molecule has 0 fully saturated rings. The average molecular weight is 353 g/mol. The fourth-order valence-electron chi connectivity index (χ4n) is 3.48. The SMILES string of the molecule is CCC1(CC)C[C@@H](NC(=O)[C@@H](C)Oc2ccccc2)c2ccccc2O1. The van der Waals surface area contributed by atoms with Crippen LogP contribution in [0, 0.1) is 0 Å². The molecule has 138 valence electrons. The van der Waals surface area contributed by atoms with Crippen LogP contribution in [0.4, 0.5) is 0 Å². The van der Waals surface area contributed by atoms with Gasteiger partial charge in [-0.2, -0.15) is 0 Å². The largest absolute Gasteiger partial charge is 0.487 e. The summed E-state index contributed by atoms with van der Waals surface area (Å²) in [4.78, 5) is 12.7. The van der Waals surface area contributed by atoms with Gasteiger partial charge >= 0.3 is 0 Å². The van der Waals surface area contributed by atoms with Crippen LogP contribution in [0.1, 0.15) is 51.6 Å².